The number of hydrogen-bond donors (Lipinski definition) is 0. The lowest BCUT2D eigenvalue weighted by atomic mass is 10.1. The molecule has 0 radical (unpaired) electrons. The molecule has 0 unspecified atom stereocenters. The summed E-state index contributed by atoms with van der Waals surface area (Å²) in [6, 6.07) is 13.4. The standard InChI is InChI=1S/C14H9F3O2.C8H4F4O/c15-14(16,17)12-8-10(9-18)6-7-13(12)19-11-4-2-1-3-5-11;9-7-2-1-5(4-13)3-6(7)8(10,11)12/h1-9H;1-4H. The first-order chi connectivity index (χ1) is 15.0. The van der Waals surface area contributed by atoms with Crippen LogP contribution in [0.25, 0.3) is 0 Å². The van der Waals surface area contributed by atoms with Gasteiger partial charge in [0.25, 0.3) is 0 Å². The van der Waals surface area contributed by atoms with Crippen LogP contribution in [0.4, 0.5) is 30.7 Å². The Bertz CT molecular complexity index is 1080. The van der Waals surface area contributed by atoms with E-state index < -0.39 is 29.3 Å². The van der Waals surface area contributed by atoms with Gasteiger partial charge in [0.1, 0.15) is 29.9 Å². The average Bonchev–Trinajstić information content (AvgIpc) is 2.74. The van der Waals surface area contributed by atoms with Crippen molar-refractivity contribution in [2.75, 3.05) is 0 Å². The van der Waals surface area contributed by atoms with E-state index in [1.165, 1.54) is 6.07 Å². The molecule has 3 aromatic rings. The van der Waals surface area contributed by atoms with Gasteiger partial charge >= 0.3 is 12.4 Å². The molecule has 32 heavy (non-hydrogen) atoms. The van der Waals surface area contributed by atoms with E-state index in [2.05, 4.69) is 0 Å². The number of aldehydes is 2. The van der Waals surface area contributed by atoms with Gasteiger partial charge in [-0.15, -0.1) is 0 Å². The monoisotopic (exact) mass is 458 g/mol. The summed E-state index contributed by atoms with van der Waals surface area (Å²) in [7, 11) is 0. The molecule has 3 nitrogen and oxygen atoms in total. The Hall–Kier alpha value is -3.69. The quantitative estimate of drug-likeness (QED) is 0.313. The van der Waals surface area contributed by atoms with Crippen molar-refractivity contribution in [1.82, 2.24) is 0 Å². The molecule has 3 aromatic carbocycles. The zero-order valence-electron chi connectivity index (χ0n) is 15.9. The minimum Gasteiger partial charge on any atom is -0.457 e. The van der Waals surface area contributed by atoms with Crippen LogP contribution in [-0.4, -0.2) is 12.6 Å². The molecule has 0 fully saturated rings. The Morgan fingerprint density at radius 1 is 0.656 bits per heavy atom. The van der Waals surface area contributed by atoms with Gasteiger partial charge in [0, 0.05) is 11.1 Å². The maximum atomic E-state index is 12.9. The van der Waals surface area contributed by atoms with Gasteiger partial charge in [0.05, 0.1) is 11.1 Å². The van der Waals surface area contributed by atoms with Crippen LogP contribution in [0.15, 0.2) is 66.7 Å². The summed E-state index contributed by atoms with van der Waals surface area (Å²) in [6.07, 6.45) is -8.75. The van der Waals surface area contributed by atoms with Gasteiger partial charge in [-0.25, -0.2) is 4.39 Å². The Morgan fingerprint density at radius 2 is 1.16 bits per heavy atom. The summed E-state index contributed by atoms with van der Waals surface area (Å²) in [5.74, 6) is -1.41. The second-order valence-corrected chi connectivity index (χ2v) is 6.14. The molecule has 0 N–H and O–H groups in total. The number of halogens is 7. The Morgan fingerprint density at radius 3 is 1.66 bits per heavy atom. The van der Waals surface area contributed by atoms with E-state index in [0.717, 1.165) is 18.2 Å². The number of para-hydroxylation sites is 1. The zero-order chi connectivity index (χ0) is 23.9. The topological polar surface area (TPSA) is 43.4 Å². The number of hydrogen-bond acceptors (Lipinski definition) is 3. The average molecular weight is 458 g/mol. The fourth-order valence-electron chi connectivity index (χ4n) is 2.38. The van der Waals surface area contributed by atoms with Crippen LogP contribution in [0.3, 0.4) is 0 Å². The Kier molecular flexibility index (Phi) is 7.74. The number of alkyl halides is 6. The highest BCUT2D eigenvalue weighted by molar-refractivity contribution is 5.76. The minimum atomic E-state index is -4.76. The van der Waals surface area contributed by atoms with E-state index >= 15 is 0 Å². The van der Waals surface area contributed by atoms with Crippen LogP contribution >= 0.6 is 0 Å². The molecule has 0 aliphatic heterocycles. The fraction of sp³-hybridized carbons (Fsp3) is 0.0909. The molecule has 3 rings (SSSR count). The highest BCUT2D eigenvalue weighted by atomic mass is 19.4. The van der Waals surface area contributed by atoms with Crippen molar-refractivity contribution < 1.29 is 45.1 Å². The van der Waals surface area contributed by atoms with Crippen molar-refractivity contribution in [2.24, 2.45) is 0 Å². The van der Waals surface area contributed by atoms with E-state index in [1.54, 1.807) is 30.3 Å². The van der Waals surface area contributed by atoms with Crippen molar-refractivity contribution in [3.8, 4) is 11.5 Å². The van der Waals surface area contributed by atoms with Gasteiger partial charge < -0.3 is 4.74 Å². The SMILES string of the molecule is O=Cc1ccc(F)c(C(F)(F)F)c1.O=Cc1ccc(Oc2ccccc2)c(C(F)(F)F)c1. The largest absolute Gasteiger partial charge is 0.457 e. The summed E-state index contributed by atoms with van der Waals surface area (Å²) in [5.41, 5.74) is -2.64. The second-order valence-electron chi connectivity index (χ2n) is 6.14. The lowest BCUT2D eigenvalue weighted by Gasteiger charge is -2.14. The van der Waals surface area contributed by atoms with E-state index in [4.69, 9.17) is 4.74 Å². The van der Waals surface area contributed by atoms with Crippen LogP contribution in [0.1, 0.15) is 31.8 Å². The molecular weight excluding hydrogens is 445 g/mol. The lowest BCUT2D eigenvalue weighted by Crippen LogP contribution is -2.08. The van der Waals surface area contributed by atoms with E-state index in [9.17, 15) is 40.3 Å². The number of rotatable bonds is 4. The van der Waals surface area contributed by atoms with Gasteiger partial charge in [-0.05, 0) is 48.5 Å². The second kappa shape index (κ2) is 10.1. The predicted octanol–water partition coefficient (Wildman–Crippen LogP) is 6.97. The normalized spacial score (nSPS) is 11.2. The molecule has 0 aliphatic carbocycles. The minimum absolute atomic E-state index is 0.0484. The van der Waals surface area contributed by atoms with Gasteiger partial charge in [-0.3, -0.25) is 9.59 Å². The third-order valence-electron chi connectivity index (χ3n) is 3.85. The third kappa shape index (κ3) is 6.66. The Balaban J connectivity index is 0.000000244. The molecule has 0 heterocycles. The molecule has 0 spiro atoms. The fourth-order valence-corrected chi connectivity index (χ4v) is 2.38. The molecule has 10 heteroatoms. The van der Waals surface area contributed by atoms with Crippen LogP contribution in [0.2, 0.25) is 0 Å². The number of ether oxygens (including phenoxy) is 1. The van der Waals surface area contributed by atoms with Crippen LogP contribution in [0.5, 0.6) is 11.5 Å². The van der Waals surface area contributed by atoms with Crippen molar-refractivity contribution in [3.63, 3.8) is 0 Å². The third-order valence-corrected chi connectivity index (χ3v) is 3.85. The number of carbonyl (C=O) groups is 2. The summed E-state index contributed by atoms with van der Waals surface area (Å²) < 4.78 is 92.4. The first-order valence-corrected chi connectivity index (χ1v) is 8.67. The van der Waals surface area contributed by atoms with Crippen molar-refractivity contribution >= 4 is 12.6 Å². The maximum absolute atomic E-state index is 12.9. The number of benzene rings is 3. The van der Waals surface area contributed by atoms with Gasteiger partial charge in [-0.2, -0.15) is 26.3 Å². The zero-order valence-corrected chi connectivity index (χ0v) is 15.9. The summed E-state index contributed by atoms with van der Waals surface area (Å²) in [4.78, 5) is 20.7. The lowest BCUT2D eigenvalue weighted by molar-refractivity contribution is -0.140. The molecule has 0 saturated carbocycles. The summed E-state index contributed by atoms with van der Waals surface area (Å²) >= 11 is 0. The summed E-state index contributed by atoms with van der Waals surface area (Å²) in [5, 5.41) is 0. The van der Waals surface area contributed by atoms with Crippen LogP contribution in [-0.2, 0) is 12.4 Å². The van der Waals surface area contributed by atoms with Gasteiger partial charge in [-0.1, -0.05) is 18.2 Å². The predicted molar refractivity (Wildman–Crippen MR) is 100 cm³/mol. The smallest absolute Gasteiger partial charge is 0.420 e. The van der Waals surface area contributed by atoms with E-state index in [-0.39, 0.29) is 23.2 Å². The van der Waals surface area contributed by atoms with E-state index in [0.29, 0.717) is 24.2 Å². The first kappa shape index (κ1) is 24.6. The molecule has 0 aliphatic rings. The first-order valence-electron chi connectivity index (χ1n) is 8.67. The van der Waals surface area contributed by atoms with E-state index in [1.807, 2.05) is 0 Å². The molecule has 0 aromatic heterocycles. The molecule has 0 amide bonds. The molecular formula is C22H13F7O3. The molecule has 0 atom stereocenters. The molecule has 0 bridgehead atoms. The van der Waals surface area contributed by atoms with Crippen LogP contribution < -0.4 is 4.74 Å². The van der Waals surface area contributed by atoms with Crippen molar-refractivity contribution in [1.29, 1.82) is 0 Å². The van der Waals surface area contributed by atoms with Crippen molar-refractivity contribution in [2.45, 2.75) is 12.4 Å². The Labute approximate surface area is 177 Å². The highest BCUT2D eigenvalue weighted by Crippen LogP contribution is 2.38. The van der Waals surface area contributed by atoms with Crippen molar-refractivity contribution in [3.05, 3.63) is 94.8 Å². The van der Waals surface area contributed by atoms with Crippen LogP contribution in [0, 0.1) is 5.82 Å². The van der Waals surface area contributed by atoms with Gasteiger partial charge in [0.2, 0.25) is 0 Å². The number of carbonyl (C=O) groups excluding carboxylic acids is 2. The summed E-state index contributed by atoms with van der Waals surface area (Å²) in [6.45, 7) is 0. The molecule has 0 saturated heterocycles. The molecule has 168 valence electrons. The van der Waals surface area contributed by atoms with Gasteiger partial charge in [0.15, 0.2) is 0 Å². The highest BCUT2D eigenvalue weighted by Gasteiger charge is 2.35. The maximum Gasteiger partial charge on any atom is 0.420 e.